The number of fused-ring (bicyclic) bond motifs is 1. The lowest BCUT2D eigenvalue weighted by molar-refractivity contribution is -0.123. The van der Waals surface area contributed by atoms with Crippen LogP contribution in [0.2, 0.25) is 0 Å². The second-order valence-corrected chi connectivity index (χ2v) is 5.26. The number of nitrogen functional groups attached to an aromatic ring is 1. The van der Waals surface area contributed by atoms with Crippen molar-refractivity contribution >= 4 is 11.6 Å². The SMILES string of the molecule is Cc1nc(N)nn2c([C@@H]3O[C@@](CO)(CF)[C@@H](O)[C@H]3F)cnc12. The lowest BCUT2D eigenvalue weighted by Gasteiger charge is -2.25. The van der Waals surface area contributed by atoms with Crippen LogP contribution in [0.3, 0.4) is 0 Å². The van der Waals surface area contributed by atoms with E-state index < -0.39 is 37.3 Å². The molecule has 0 spiro atoms. The van der Waals surface area contributed by atoms with Crippen molar-refractivity contribution in [2.24, 2.45) is 0 Å². The van der Waals surface area contributed by atoms with E-state index in [-0.39, 0.29) is 11.6 Å². The Morgan fingerprint density at radius 3 is 2.86 bits per heavy atom. The summed E-state index contributed by atoms with van der Waals surface area (Å²) in [6.07, 6.45) is -3.79. The fraction of sp³-hybridized carbons (Fsp3) is 0.583. The Kier molecular flexibility index (Phi) is 3.46. The highest BCUT2D eigenvalue weighted by atomic mass is 19.1. The quantitative estimate of drug-likeness (QED) is 0.697. The molecule has 0 radical (unpaired) electrons. The Hall–Kier alpha value is -1.91. The lowest BCUT2D eigenvalue weighted by atomic mass is 9.97. The Morgan fingerprint density at radius 1 is 1.55 bits per heavy atom. The van der Waals surface area contributed by atoms with E-state index >= 15 is 0 Å². The van der Waals surface area contributed by atoms with Gasteiger partial charge >= 0.3 is 0 Å². The van der Waals surface area contributed by atoms with E-state index in [0.29, 0.717) is 11.3 Å². The molecule has 0 amide bonds. The standard InChI is InChI=1S/C12H15F2N5O3/c1-5-10-16-2-6(19(10)18-11(15)17-5)8-7(14)9(21)12(3-13,4-20)22-8/h2,7-9,20-21H,3-4H2,1H3,(H2,15,18)/t7-,8-,9-,12+/m0/s1. The molecule has 2 aromatic heterocycles. The number of ether oxygens (including phenoxy) is 1. The molecule has 0 aromatic carbocycles. The smallest absolute Gasteiger partial charge is 0.238 e. The van der Waals surface area contributed by atoms with Gasteiger partial charge in [0.2, 0.25) is 5.95 Å². The van der Waals surface area contributed by atoms with Crippen molar-refractivity contribution < 1.29 is 23.7 Å². The second kappa shape index (κ2) is 5.07. The topological polar surface area (TPSA) is 119 Å². The van der Waals surface area contributed by atoms with Crippen LogP contribution in [0.5, 0.6) is 0 Å². The molecule has 0 bridgehead atoms. The van der Waals surface area contributed by atoms with Crippen molar-refractivity contribution in [3.05, 3.63) is 17.6 Å². The predicted molar refractivity (Wildman–Crippen MR) is 70.5 cm³/mol. The third-order valence-electron chi connectivity index (χ3n) is 3.85. The number of anilines is 1. The summed E-state index contributed by atoms with van der Waals surface area (Å²) >= 11 is 0. The van der Waals surface area contributed by atoms with Crippen molar-refractivity contribution in [2.75, 3.05) is 19.0 Å². The van der Waals surface area contributed by atoms with Crippen molar-refractivity contribution in [1.82, 2.24) is 19.6 Å². The average Bonchev–Trinajstić information content (AvgIpc) is 3.01. The first-order valence-corrected chi connectivity index (χ1v) is 6.58. The van der Waals surface area contributed by atoms with E-state index in [0.717, 1.165) is 0 Å². The molecule has 0 aliphatic carbocycles. The zero-order valence-electron chi connectivity index (χ0n) is 11.6. The van der Waals surface area contributed by atoms with Gasteiger partial charge in [-0.1, -0.05) is 0 Å². The third-order valence-corrected chi connectivity index (χ3v) is 3.85. The van der Waals surface area contributed by atoms with Gasteiger partial charge in [0.25, 0.3) is 0 Å². The molecule has 0 saturated carbocycles. The summed E-state index contributed by atoms with van der Waals surface area (Å²) < 4.78 is 34.1. The number of aliphatic hydroxyl groups excluding tert-OH is 2. The summed E-state index contributed by atoms with van der Waals surface area (Å²) in [5, 5.41) is 23.1. The van der Waals surface area contributed by atoms with Crippen LogP contribution < -0.4 is 5.73 Å². The fourth-order valence-corrected chi connectivity index (χ4v) is 2.60. The Labute approximate surface area is 123 Å². The van der Waals surface area contributed by atoms with E-state index in [1.165, 1.54) is 10.7 Å². The normalized spacial score (nSPS) is 32.0. The van der Waals surface area contributed by atoms with E-state index in [4.69, 9.17) is 10.5 Å². The number of halogens is 2. The number of hydrogen-bond donors (Lipinski definition) is 3. The first kappa shape index (κ1) is 15.0. The Bertz CT molecular complexity index is 705. The van der Waals surface area contributed by atoms with Gasteiger partial charge in [0.1, 0.15) is 24.5 Å². The number of rotatable bonds is 3. The molecular weight excluding hydrogens is 300 g/mol. The largest absolute Gasteiger partial charge is 0.393 e. The predicted octanol–water partition coefficient (Wildman–Crippen LogP) is -0.514. The monoisotopic (exact) mass is 315 g/mol. The van der Waals surface area contributed by atoms with E-state index in [1.54, 1.807) is 6.92 Å². The summed E-state index contributed by atoms with van der Waals surface area (Å²) in [7, 11) is 0. The van der Waals surface area contributed by atoms with Gasteiger partial charge in [-0.3, -0.25) is 0 Å². The van der Waals surface area contributed by atoms with Gasteiger partial charge in [0, 0.05) is 0 Å². The zero-order valence-corrected chi connectivity index (χ0v) is 11.6. The van der Waals surface area contributed by atoms with Crippen LogP contribution in [0, 0.1) is 6.92 Å². The first-order chi connectivity index (χ1) is 10.4. The molecule has 1 fully saturated rings. The molecule has 1 aliphatic heterocycles. The molecule has 4 atom stereocenters. The highest BCUT2D eigenvalue weighted by Gasteiger charge is 2.56. The van der Waals surface area contributed by atoms with E-state index in [9.17, 15) is 19.0 Å². The molecule has 120 valence electrons. The number of imidazole rings is 1. The van der Waals surface area contributed by atoms with Gasteiger partial charge in [-0.15, -0.1) is 5.10 Å². The lowest BCUT2D eigenvalue weighted by Crippen LogP contribution is -2.47. The molecule has 8 nitrogen and oxygen atoms in total. The molecule has 4 N–H and O–H groups in total. The molecule has 2 aromatic rings. The number of nitrogens with zero attached hydrogens (tertiary/aromatic N) is 4. The van der Waals surface area contributed by atoms with Crippen LogP contribution in [-0.4, -0.2) is 61.0 Å². The number of aryl methyl sites for hydroxylation is 1. The van der Waals surface area contributed by atoms with Crippen LogP contribution in [0.4, 0.5) is 14.7 Å². The minimum absolute atomic E-state index is 0.0443. The maximum Gasteiger partial charge on any atom is 0.238 e. The van der Waals surface area contributed by atoms with Crippen LogP contribution in [0.1, 0.15) is 17.5 Å². The van der Waals surface area contributed by atoms with Crippen LogP contribution in [0.15, 0.2) is 6.20 Å². The number of aromatic nitrogens is 4. The van der Waals surface area contributed by atoms with Gasteiger partial charge in [0.05, 0.1) is 24.2 Å². The second-order valence-electron chi connectivity index (χ2n) is 5.26. The first-order valence-electron chi connectivity index (χ1n) is 6.58. The summed E-state index contributed by atoms with van der Waals surface area (Å²) in [6.45, 7) is -0.427. The van der Waals surface area contributed by atoms with Crippen molar-refractivity contribution in [3.8, 4) is 0 Å². The number of alkyl halides is 2. The summed E-state index contributed by atoms with van der Waals surface area (Å²) in [5.74, 6) is -0.0443. The number of aliphatic hydroxyl groups is 2. The van der Waals surface area contributed by atoms with Crippen molar-refractivity contribution in [2.45, 2.75) is 30.9 Å². The maximum absolute atomic E-state index is 14.4. The third kappa shape index (κ3) is 1.95. The molecule has 10 heteroatoms. The van der Waals surface area contributed by atoms with E-state index in [1.807, 2.05) is 0 Å². The molecule has 1 saturated heterocycles. The summed E-state index contributed by atoms with van der Waals surface area (Å²) in [5.41, 5.74) is 4.54. The maximum atomic E-state index is 14.4. The fourth-order valence-electron chi connectivity index (χ4n) is 2.60. The van der Waals surface area contributed by atoms with Gasteiger partial charge in [-0.2, -0.15) is 0 Å². The van der Waals surface area contributed by atoms with Crippen LogP contribution in [0.25, 0.3) is 5.65 Å². The van der Waals surface area contributed by atoms with Crippen molar-refractivity contribution in [3.63, 3.8) is 0 Å². The minimum atomic E-state index is -2.00. The van der Waals surface area contributed by atoms with Crippen LogP contribution >= 0.6 is 0 Å². The molecule has 1 aliphatic rings. The van der Waals surface area contributed by atoms with Crippen molar-refractivity contribution in [1.29, 1.82) is 0 Å². The average molecular weight is 315 g/mol. The Morgan fingerprint density at radius 2 is 2.27 bits per heavy atom. The van der Waals surface area contributed by atoms with Gasteiger partial charge in [-0.05, 0) is 6.92 Å². The molecule has 3 rings (SSSR count). The Balaban J connectivity index is 2.09. The molecule has 22 heavy (non-hydrogen) atoms. The molecular formula is C12H15F2N5O3. The number of nitrogens with two attached hydrogens (primary N) is 1. The van der Waals surface area contributed by atoms with Gasteiger partial charge in [-0.25, -0.2) is 23.3 Å². The van der Waals surface area contributed by atoms with E-state index in [2.05, 4.69) is 15.1 Å². The van der Waals surface area contributed by atoms with Crippen LogP contribution in [-0.2, 0) is 4.74 Å². The highest BCUT2D eigenvalue weighted by Crippen LogP contribution is 2.42. The summed E-state index contributed by atoms with van der Waals surface area (Å²) in [4.78, 5) is 8.00. The minimum Gasteiger partial charge on any atom is -0.393 e. The molecule has 3 heterocycles. The highest BCUT2D eigenvalue weighted by molar-refractivity contribution is 5.46. The number of hydrogen-bond acceptors (Lipinski definition) is 7. The zero-order chi connectivity index (χ0) is 16.1. The van der Waals surface area contributed by atoms with Gasteiger partial charge < -0.3 is 20.7 Å². The van der Waals surface area contributed by atoms with Gasteiger partial charge in [0.15, 0.2) is 11.8 Å². The molecule has 0 unspecified atom stereocenters. The summed E-state index contributed by atoms with van der Waals surface area (Å²) in [6, 6.07) is 0.